The van der Waals surface area contributed by atoms with Crippen LogP contribution in [0.4, 0.5) is 0 Å². The molecule has 0 N–H and O–H groups in total. The molecule has 0 heteroatoms. The standard InChI is InChI=1S/C15H24/c1-11(2)13-7-9-15(4)8-5-6-12(3)14(15)10-13/h13H,1,5-10H2,2-4H3/t13?,15-/m1/s1. The Hall–Kier alpha value is -0.520. The van der Waals surface area contributed by atoms with Crippen LogP contribution in [0.2, 0.25) is 0 Å². The van der Waals surface area contributed by atoms with Crippen molar-refractivity contribution < 1.29 is 0 Å². The molecule has 1 fully saturated rings. The van der Waals surface area contributed by atoms with Gasteiger partial charge in [-0.2, -0.15) is 0 Å². The fourth-order valence-corrected chi connectivity index (χ4v) is 3.52. The van der Waals surface area contributed by atoms with Crippen molar-refractivity contribution in [3.8, 4) is 0 Å². The molecule has 0 aromatic heterocycles. The molecule has 1 saturated carbocycles. The van der Waals surface area contributed by atoms with Gasteiger partial charge >= 0.3 is 0 Å². The fraction of sp³-hybridized carbons (Fsp3) is 0.733. The van der Waals surface area contributed by atoms with Gasteiger partial charge in [-0.05, 0) is 63.7 Å². The highest BCUT2D eigenvalue weighted by Crippen LogP contribution is 2.51. The maximum Gasteiger partial charge on any atom is -0.0113 e. The summed E-state index contributed by atoms with van der Waals surface area (Å²) < 4.78 is 0. The lowest BCUT2D eigenvalue weighted by atomic mass is 9.61. The van der Waals surface area contributed by atoms with Gasteiger partial charge in [0.2, 0.25) is 0 Å². The lowest BCUT2D eigenvalue weighted by molar-refractivity contribution is 0.229. The summed E-state index contributed by atoms with van der Waals surface area (Å²) in [5.74, 6) is 0.765. The summed E-state index contributed by atoms with van der Waals surface area (Å²) in [6.45, 7) is 11.2. The van der Waals surface area contributed by atoms with Crippen LogP contribution >= 0.6 is 0 Å². The van der Waals surface area contributed by atoms with E-state index in [9.17, 15) is 0 Å². The van der Waals surface area contributed by atoms with Crippen LogP contribution in [0.3, 0.4) is 0 Å². The van der Waals surface area contributed by atoms with Crippen molar-refractivity contribution in [2.75, 3.05) is 0 Å². The van der Waals surface area contributed by atoms with Crippen LogP contribution in [0.15, 0.2) is 23.3 Å². The average Bonchev–Trinajstić information content (AvgIpc) is 2.17. The Balaban J connectivity index is 2.26. The molecule has 0 aromatic carbocycles. The largest absolute Gasteiger partial charge is 0.0998 e. The molecular weight excluding hydrogens is 180 g/mol. The Bertz CT molecular complexity index is 308. The van der Waals surface area contributed by atoms with Gasteiger partial charge in [0.25, 0.3) is 0 Å². The van der Waals surface area contributed by atoms with Crippen molar-refractivity contribution in [3.05, 3.63) is 23.3 Å². The smallest absolute Gasteiger partial charge is 0.0113 e. The van der Waals surface area contributed by atoms with Gasteiger partial charge in [0.15, 0.2) is 0 Å². The zero-order chi connectivity index (χ0) is 11.1. The normalized spacial score (nSPS) is 36.3. The van der Waals surface area contributed by atoms with Gasteiger partial charge < -0.3 is 0 Å². The second-order valence-electron chi connectivity index (χ2n) is 5.96. The summed E-state index contributed by atoms with van der Waals surface area (Å²) in [6.07, 6.45) is 8.22. The van der Waals surface area contributed by atoms with Crippen molar-refractivity contribution >= 4 is 0 Å². The Morgan fingerprint density at radius 1 is 1.40 bits per heavy atom. The minimum atomic E-state index is 0.550. The minimum Gasteiger partial charge on any atom is -0.0998 e. The average molecular weight is 204 g/mol. The van der Waals surface area contributed by atoms with Crippen molar-refractivity contribution in [3.63, 3.8) is 0 Å². The highest BCUT2D eigenvalue weighted by Gasteiger charge is 2.37. The molecule has 2 rings (SSSR count). The van der Waals surface area contributed by atoms with E-state index in [1.165, 1.54) is 44.1 Å². The number of hydrogen-bond acceptors (Lipinski definition) is 0. The lowest BCUT2D eigenvalue weighted by Gasteiger charge is -2.44. The monoisotopic (exact) mass is 204 g/mol. The Labute approximate surface area is 94.5 Å². The molecule has 2 aliphatic carbocycles. The zero-order valence-electron chi connectivity index (χ0n) is 10.5. The van der Waals surface area contributed by atoms with Crippen LogP contribution in [0.25, 0.3) is 0 Å². The first kappa shape index (κ1) is 11.0. The second kappa shape index (κ2) is 3.81. The molecule has 0 amide bonds. The number of hydrogen-bond donors (Lipinski definition) is 0. The zero-order valence-corrected chi connectivity index (χ0v) is 10.5. The molecule has 0 saturated heterocycles. The molecule has 0 radical (unpaired) electrons. The van der Waals surface area contributed by atoms with E-state index < -0.39 is 0 Å². The van der Waals surface area contributed by atoms with Gasteiger partial charge in [0.05, 0.1) is 0 Å². The number of fused-ring (bicyclic) bond motifs is 1. The van der Waals surface area contributed by atoms with Crippen molar-refractivity contribution in [1.29, 1.82) is 0 Å². The lowest BCUT2D eigenvalue weighted by Crippen LogP contribution is -2.30. The topological polar surface area (TPSA) is 0 Å². The van der Waals surface area contributed by atoms with E-state index in [1.807, 2.05) is 0 Å². The maximum absolute atomic E-state index is 4.14. The summed E-state index contributed by atoms with van der Waals surface area (Å²) in [5.41, 5.74) is 5.42. The fourth-order valence-electron chi connectivity index (χ4n) is 3.52. The van der Waals surface area contributed by atoms with Crippen molar-refractivity contribution in [1.82, 2.24) is 0 Å². The third-order valence-corrected chi connectivity index (χ3v) is 4.72. The summed E-state index contributed by atoms with van der Waals surface area (Å²) in [7, 11) is 0. The van der Waals surface area contributed by atoms with Crippen molar-refractivity contribution in [2.45, 2.75) is 59.3 Å². The minimum absolute atomic E-state index is 0.550. The Morgan fingerprint density at radius 2 is 2.13 bits per heavy atom. The van der Waals surface area contributed by atoms with Gasteiger partial charge in [0, 0.05) is 0 Å². The summed E-state index contributed by atoms with van der Waals surface area (Å²) in [4.78, 5) is 0. The third kappa shape index (κ3) is 1.91. The number of allylic oxidation sites excluding steroid dienone is 3. The quantitative estimate of drug-likeness (QED) is 0.535. The van der Waals surface area contributed by atoms with Gasteiger partial charge in [-0.1, -0.05) is 30.2 Å². The summed E-state index contributed by atoms with van der Waals surface area (Å²) in [6, 6.07) is 0. The van der Waals surface area contributed by atoms with E-state index in [4.69, 9.17) is 0 Å². The molecule has 15 heavy (non-hydrogen) atoms. The first-order chi connectivity index (χ1) is 7.03. The molecule has 2 aliphatic rings. The summed E-state index contributed by atoms with van der Waals surface area (Å²) >= 11 is 0. The van der Waals surface area contributed by atoms with Gasteiger partial charge in [-0.15, -0.1) is 0 Å². The van der Waals surface area contributed by atoms with Gasteiger partial charge in [-0.3, -0.25) is 0 Å². The van der Waals surface area contributed by atoms with E-state index in [2.05, 4.69) is 27.4 Å². The van der Waals surface area contributed by atoms with E-state index in [-0.39, 0.29) is 0 Å². The maximum atomic E-state index is 4.14. The predicted molar refractivity (Wildman–Crippen MR) is 66.8 cm³/mol. The van der Waals surface area contributed by atoms with Gasteiger partial charge in [-0.25, -0.2) is 0 Å². The molecule has 0 aromatic rings. The molecule has 0 spiro atoms. The Kier molecular flexibility index (Phi) is 2.79. The van der Waals surface area contributed by atoms with Crippen molar-refractivity contribution in [2.24, 2.45) is 11.3 Å². The number of rotatable bonds is 1. The van der Waals surface area contributed by atoms with Crippen LogP contribution < -0.4 is 0 Å². The van der Waals surface area contributed by atoms with Crippen LogP contribution in [0, 0.1) is 11.3 Å². The highest BCUT2D eigenvalue weighted by molar-refractivity contribution is 5.27. The summed E-state index contributed by atoms with van der Waals surface area (Å²) in [5, 5.41) is 0. The SMILES string of the molecule is C=C(C)C1CC[C@@]2(C)CCCC(C)=C2C1. The molecule has 1 unspecified atom stereocenters. The van der Waals surface area contributed by atoms with Crippen LogP contribution in [0.1, 0.15) is 59.3 Å². The molecule has 2 atom stereocenters. The first-order valence-electron chi connectivity index (χ1n) is 6.37. The molecule has 0 heterocycles. The van der Waals surface area contributed by atoms with E-state index in [0.717, 1.165) is 5.92 Å². The second-order valence-corrected chi connectivity index (χ2v) is 5.96. The van der Waals surface area contributed by atoms with Gasteiger partial charge in [0.1, 0.15) is 0 Å². The molecule has 84 valence electrons. The van der Waals surface area contributed by atoms with E-state index in [1.54, 1.807) is 11.1 Å². The Morgan fingerprint density at radius 3 is 2.80 bits per heavy atom. The van der Waals surface area contributed by atoms with E-state index in [0.29, 0.717) is 5.41 Å². The van der Waals surface area contributed by atoms with Crippen LogP contribution in [0.5, 0.6) is 0 Å². The van der Waals surface area contributed by atoms with Crippen LogP contribution in [-0.2, 0) is 0 Å². The first-order valence-corrected chi connectivity index (χ1v) is 6.37. The molecule has 0 nitrogen and oxygen atoms in total. The molecular formula is C15H24. The van der Waals surface area contributed by atoms with Crippen LogP contribution in [-0.4, -0.2) is 0 Å². The molecule has 0 bridgehead atoms. The highest BCUT2D eigenvalue weighted by atomic mass is 14.4. The predicted octanol–water partition coefficient (Wildman–Crippen LogP) is 4.87. The molecule has 0 aliphatic heterocycles. The third-order valence-electron chi connectivity index (χ3n) is 4.72. The van der Waals surface area contributed by atoms with E-state index >= 15 is 0 Å².